The molecule has 0 bridgehead atoms. The van der Waals surface area contributed by atoms with Crippen LogP contribution in [0.25, 0.3) is 0 Å². The second kappa shape index (κ2) is 4.60. The van der Waals surface area contributed by atoms with E-state index in [1.807, 2.05) is 0 Å². The molecule has 0 aliphatic heterocycles. The van der Waals surface area contributed by atoms with Gasteiger partial charge in [0.1, 0.15) is 0 Å². The summed E-state index contributed by atoms with van der Waals surface area (Å²) in [6.45, 7) is 2.84. The van der Waals surface area contributed by atoms with Crippen LogP contribution in [0.5, 0.6) is 0 Å². The van der Waals surface area contributed by atoms with Gasteiger partial charge in [-0.1, -0.05) is 0 Å². The Labute approximate surface area is 105 Å². The number of hydrogen-bond donors (Lipinski definition) is 2. The highest BCUT2D eigenvalue weighted by Gasteiger charge is 2.29. The van der Waals surface area contributed by atoms with E-state index in [2.05, 4.69) is 10.6 Å². The molecule has 0 heterocycles. The van der Waals surface area contributed by atoms with Crippen molar-refractivity contribution in [3.63, 3.8) is 0 Å². The van der Waals surface area contributed by atoms with E-state index in [9.17, 15) is 14.4 Å². The summed E-state index contributed by atoms with van der Waals surface area (Å²) in [5.74, 6) is -0.334. The monoisotopic (exact) mass is 246 g/mol. The molecule has 0 radical (unpaired) electrons. The van der Waals surface area contributed by atoms with Crippen LogP contribution in [-0.4, -0.2) is 17.6 Å². The van der Waals surface area contributed by atoms with Gasteiger partial charge in [-0.05, 0) is 23.8 Å². The van der Waals surface area contributed by atoms with E-state index in [4.69, 9.17) is 0 Å². The molecule has 2 amide bonds. The van der Waals surface area contributed by atoms with Crippen molar-refractivity contribution in [1.82, 2.24) is 5.32 Å². The maximum absolute atomic E-state index is 11.8. The molecule has 0 fully saturated rings. The Balaban J connectivity index is 2.33. The number of hydrogen-bond acceptors (Lipinski definition) is 3. The summed E-state index contributed by atoms with van der Waals surface area (Å²) in [7, 11) is 0. The van der Waals surface area contributed by atoms with Crippen LogP contribution in [0.2, 0.25) is 0 Å². The Bertz CT molecular complexity index is 535. The molecule has 1 atom stereocenters. The molecule has 18 heavy (non-hydrogen) atoms. The third-order valence-corrected chi connectivity index (χ3v) is 2.81. The zero-order valence-electron chi connectivity index (χ0n) is 10.2. The van der Waals surface area contributed by atoms with E-state index in [1.54, 1.807) is 18.2 Å². The lowest BCUT2D eigenvalue weighted by Gasteiger charge is -2.12. The van der Waals surface area contributed by atoms with E-state index < -0.39 is 0 Å². The number of ketones is 1. The Morgan fingerprint density at radius 1 is 1.22 bits per heavy atom. The lowest BCUT2D eigenvalue weighted by molar-refractivity contribution is -0.119. The zero-order valence-corrected chi connectivity index (χ0v) is 10.2. The van der Waals surface area contributed by atoms with Gasteiger partial charge in [-0.25, -0.2) is 0 Å². The number of rotatable bonds is 2. The Morgan fingerprint density at radius 2 is 1.94 bits per heavy atom. The van der Waals surface area contributed by atoms with Crippen molar-refractivity contribution < 1.29 is 14.4 Å². The molecule has 94 valence electrons. The van der Waals surface area contributed by atoms with Gasteiger partial charge in [-0.15, -0.1) is 0 Å². The highest BCUT2D eigenvalue weighted by atomic mass is 16.2. The third-order valence-electron chi connectivity index (χ3n) is 2.81. The van der Waals surface area contributed by atoms with Gasteiger partial charge in [-0.2, -0.15) is 0 Å². The van der Waals surface area contributed by atoms with Crippen LogP contribution in [0.15, 0.2) is 18.2 Å². The Morgan fingerprint density at radius 3 is 2.56 bits per heavy atom. The fourth-order valence-corrected chi connectivity index (χ4v) is 2.17. The van der Waals surface area contributed by atoms with E-state index in [-0.39, 0.29) is 30.1 Å². The fourth-order valence-electron chi connectivity index (χ4n) is 2.17. The van der Waals surface area contributed by atoms with Crippen LogP contribution in [-0.2, 0) is 9.59 Å². The Kier molecular flexibility index (Phi) is 3.14. The van der Waals surface area contributed by atoms with E-state index in [0.717, 1.165) is 5.56 Å². The van der Waals surface area contributed by atoms with Crippen molar-refractivity contribution in [2.75, 3.05) is 5.32 Å². The summed E-state index contributed by atoms with van der Waals surface area (Å²) in [6, 6.07) is 4.82. The van der Waals surface area contributed by atoms with Crippen LogP contribution in [0, 0.1) is 0 Å². The second-order valence-electron chi connectivity index (χ2n) is 4.36. The van der Waals surface area contributed by atoms with Crippen LogP contribution in [0.4, 0.5) is 5.69 Å². The van der Waals surface area contributed by atoms with Gasteiger partial charge in [0, 0.05) is 31.5 Å². The van der Waals surface area contributed by atoms with E-state index in [0.29, 0.717) is 11.3 Å². The molecule has 0 unspecified atom stereocenters. The largest absolute Gasteiger partial charge is 0.349 e. The number of amides is 2. The molecular weight excluding hydrogens is 232 g/mol. The minimum Gasteiger partial charge on any atom is -0.349 e. The molecule has 1 aromatic rings. The topological polar surface area (TPSA) is 75.3 Å². The lowest BCUT2D eigenvalue weighted by atomic mass is 10.1. The summed E-state index contributed by atoms with van der Waals surface area (Å²) >= 11 is 0. The molecule has 0 spiro atoms. The van der Waals surface area contributed by atoms with Gasteiger partial charge in [0.25, 0.3) is 0 Å². The first kappa shape index (κ1) is 12.3. The maximum Gasteiger partial charge on any atom is 0.221 e. The summed E-state index contributed by atoms with van der Waals surface area (Å²) in [5, 5.41) is 5.40. The van der Waals surface area contributed by atoms with E-state index in [1.165, 1.54) is 13.8 Å². The van der Waals surface area contributed by atoms with Gasteiger partial charge in [0.15, 0.2) is 5.78 Å². The highest BCUT2D eigenvalue weighted by molar-refractivity contribution is 6.02. The number of nitrogens with one attached hydrogen (secondary N) is 2. The number of carbonyl (C=O) groups excluding carboxylic acids is 3. The fraction of sp³-hybridized carbons (Fsp3) is 0.308. The Hall–Kier alpha value is -2.17. The van der Waals surface area contributed by atoms with Crippen molar-refractivity contribution in [2.45, 2.75) is 26.3 Å². The minimum absolute atomic E-state index is 0.0122. The van der Waals surface area contributed by atoms with Crippen molar-refractivity contribution in [3.05, 3.63) is 29.3 Å². The van der Waals surface area contributed by atoms with Crippen LogP contribution >= 0.6 is 0 Å². The van der Waals surface area contributed by atoms with Crippen molar-refractivity contribution >= 4 is 23.3 Å². The number of anilines is 1. The summed E-state index contributed by atoms with van der Waals surface area (Å²) in [6.07, 6.45) is 0.276. The van der Waals surface area contributed by atoms with Crippen LogP contribution in [0.1, 0.15) is 42.2 Å². The highest BCUT2D eigenvalue weighted by Crippen LogP contribution is 2.33. The summed E-state index contributed by atoms with van der Waals surface area (Å²) in [4.78, 5) is 33.8. The predicted molar refractivity (Wildman–Crippen MR) is 66.3 cm³/mol. The van der Waals surface area contributed by atoms with Gasteiger partial charge in [0.2, 0.25) is 11.8 Å². The standard InChI is InChI=1S/C13H14N2O3/c1-7(16)14-9-3-4-10-11(5-9)12(6-13(10)18)15-8(2)17/h3-5,12H,6H2,1-2H3,(H,14,16)(H,15,17)/t12-/m0/s1. The molecule has 2 rings (SSSR count). The molecule has 0 saturated carbocycles. The van der Waals surface area contributed by atoms with Crippen LogP contribution in [0.3, 0.4) is 0 Å². The van der Waals surface area contributed by atoms with Crippen LogP contribution < -0.4 is 10.6 Å². The van der Waals surface area contributed by atoms with Gasteiger partial charge < -0.3 is 10.6 Å². The molecule has 5 nitrogen and oxygen atoms in total. The molecule has 1 aliphatic carbocycles. The third kappa shape index (κ3) is 2.40. The lowest BCUT2D eigenvalue weighted by Crippen LogP contribution is -2.24. The summed E-state index contributed by atoms with van der Waals surface area (Å²) in [5.41, 5.74) is 2.01. The molecule has 0 aromatic heterocycles. The first-order chi connectivity index (χ1) is 8.47. The maximum atomic E-state index is 11.8. The number of Topliss-reactive ketones (excluding diaryl/α,β-unsaturated/α-hetero) is 1. The predicted octanol–water partition coefficient (Wildman–Crippen LogP) is 1.41. The van der Waals surface area contributed by atoms with Crippen molar-refractivity contribution in [1.29, 1.82) is 0 Å². The zero-order chi connectivity index (χ0) is 13.3. The molecule has 1 aliphatic rings. The average molecular weight is 246 g/mol. The van der Waals surface area contributed by atoms with Crippen molar-refractivity contribution in [3.8, 4) is 0 Å². The van der Waals surface area contributed by atoms with Gasteiger partial charge in [0.05, 0.1) is 6.04 Å². The van der Waals surface area contributed by atoms with Crippen molar-refractivity contribution in [2.24, 2.45) is 0 Å². The van der Waals surface area contributed by atoms with Gasteiger partial charge in [-0.3, -0.25) is 14.4 Å². The molecule has 2 N–H and O–H groups in total. The first-order valence-corrected chi connectivity index (χ1v) is 5.69. The first-order valence-electron chi connectivity index (χ1n) is 5.69. The quantitative estimate of drug-likeness (QED) is 0.828. The minimum atomic E-state index is -0.293. The molecular formula is C13H14N2O3. The number of benzene rings is 1. The number of carbonyl (C=O) groups is 3. The summed E-state index contributed by atoms with van der Waals surface area (Å²) < 4.78 is 0. The molecule has 5 heteroatoms. The SMILES string of the molecule is CC(=O)Nc1ccc2c(c1)[C@@H](NC(C)=O)CC2=O. The van der Waals surface area contributed by atoms with Gasteiger partial charge >= 0.3 is 0 Å². The average Bonchev–Trinajstić information content (AvgIpc) is 2.54. The molecule has 0 saturated heterocycles. The normalized spacial score (nSPS) is 17.2. The number of fused-ring (bicyclic) bond motifs is 1. The van der Waals surface area contributed by atoms with E-state index >= 15 is 0 Å². The smallest absolute Gasteiger partial charge is 0.221 e. The second-order valence-corrected chi connectivity index (χ2v) is 4.36. The molecule has 1 aromatic carbocycles.